The standard InChI is InChI=1S/C22H23N3O3S/c1-21(2)10-13-14(11-23)20(29-18(13)22(3,4)25-21)24-19(26)16-9-12-7-6-8-15(27-5)17(12)28-16/h6-9,25H,10H2,1-5H3,(H,24,26). The predicted molar refractivity (Wildman–Crippen MR) is 114 cm³/mol. The zero-order chi connectivity index (χ0) is 21.0. The van der Waals surface area contributed by atoms with Crippen molar-refractivity contribution in [3.63, 3.8) is 0 Å². The Morgan fingerprint density at radius 1 is 1.34 bits per heavy atom. The molecule has 1 aliphatic rings. The summed E-state index contributed by atoms with van der Waals surface area (Å²) in [6.45, 7) is 8.44. The number of hydrogen-bond donors (Lipinski definition) is 2. The number of benzene rings is 1. The van der Waals surface area contributed by atoms with E-state index in [0.29, 0.717) is 21.9 Å². The second kappa shape index (κ2) is 6.61. The highest BCUT2D eigenvalue weighted by Gasteiger charge is 2.40. The number of anilines is 1. The Hall–Kier alpha value is -2.82. The summed E-state index contributed by atoms with van der Waals surface area (Å²) in [6.07, 6.45) is 0.725. The number of hydrogen-bond acceptors (Lipinski definition) is 6. The minimum absolute atomic E-state index is 0.139. The first-order chi connectivity index (χ1) is 13.6. The molecule has 7 heteroatoms. The summed E-state index contributed by atoms with van der Waals surface area (Å²) in [6, 6.07) is 9.47. The van der Waals surface area contributed by atoms with Crippen molar-refractivity contribution >= 4 is 33.2 Å². The van der Waals surface area contributed by atoms with E-state index in [1.165, 1.54) is 11.3 Å². The van der Waals surface area contributed by atoms with Gasteiger partial charge in [0.2, 0.25) is 0 Å². The van der Waals surface area contributed by atoms with E-state index in [4.69, 9.17) is 9.15 Å². The van der Waals surface area contributed by atoms with Gasteiger partial charge in [-0.25, -0.2) is 0 Å². The summed E-state index contributed by atoms with van der Waals surface area (Å²) in [5, 5.41) is 17.7. The van der Waals surface area contributed by atoms with E-state index in [0.717, 1.165) is 22.2 Å². The number of carbonyl (C=O) groups is 1. The summed E-state index contributed by atoms with van der Waals surface area (Å²) in [7, 11) is 1.56. The van der Waals surface area contributed by atoms with E-state index < -0.39 is 0 Å². The van der Waals surface area contributed by atoms with E-state index >= 15 is 0 Å². The lowest BCUT2D eigenvalue weighted by molar-refractivity contribution is 0.0999. The van der Waals surface area contributed by atoms with Crippen molar-refractivity contribution in [3.8, 4) is 11.8 Å². The highest BCUT2D eigenvalue weighted by Crippen LogP contribution is 2.44. The second-order valence-corrected chi connectivity index (χ2v) is 9.50. The molecule has 3 aromatic rings. The van der Waals surface area contributed by atoms with E-state index in [1.807, 2.05) is 12.1 Å². The average molecular weight is 410 g/mol. The number of para-hydroxylation sites is 1. The van der Waals surface area contributed by atoms with Gasteiger partial charge in [-0.15, -0.1) is 11.3 Å². The van der Waals surface area contributed by atoms with Crippen LogP contribution in [0.3, 0.4) is 0 Å². The van der Waals surface area contributed by atoms with Crippen LogP contribution in [-0.2, 0) is 12.0 Å². The summed E-state index contributed by atoms with van der Waals surface area (Å²) >= 11 is 1.45. The van der Waals surface area contributed by atoms with Crippen LogP contribution in [0.15, 0.2) is 28.7 Å². The van der Waals surface area contributed by atoms with Crippen LogP contribution >= 0.6 is 11.3 Å². The monoisotopic (exact) mass is 409 g/mol. The molecule has 0 radical (unpaired) electrons. The third-order valence-corrected chi connectivity index (χ3v) is 6.61. The fraction of sp³-hybridized carbons (Fsp3) is 0.364. The van der Waals surface area contributed by atoms with Crippen LogP contribution in [0.25, 0.3) is 11.0 Å². The number of carbonyl (C=O) groups excluding carboxylic acids is 1. The minimum Gasteiger partial charge on any atom is -0.493 e. The number of rotatable bonds is 3. The van der Waals surface area contributed by atoms with Gasteiger partial charge in [0.25, 0.3) is 5.91 Å². The summed E-state index contributed by atoms with van der Waals surface area (Å²) < 4.78 is 11.0. The molecule has 0 aliphatic carbocycles. The lowest BCUT2D eigenvalue weighted by atomic mass is 9.81. The highest BCUT2D eigenvalue weighted by molar-refractivity contribution is 7.17. The van der Waals surface area contributed by atoms with Crippen molar-refractivity contribution in [2.75, 3.05) is 12.4 Å². The molecule has 1 aromatic carbocycles. The number of furan rings is 1. The molecular weight excluding hydrogens is 386 g/mol. The normalized spacial score (nSPS) is 16.8. The first-order valence-corrected chi connectivity index (χ1v) is 10.2. The van der Waals surface area contributed by atoms with Crippen molar-refractivity contribution in [1.29, 1.82) is 5.26 Å². The number of amides is 1. The Morgan fingerprint density at radius 3 is 2.79 bits per heavy atom. The van der Waals surface area contributed by atoms with Gasteiger partial charge < -0.3 is 19.8 Å². The van der Waals surface area contributed by atoms with Gasteiger partial charge in [-0.1, -0.05) is 12.1 Å². The third kappa shape index (κ3) is 3.28. The minimum atomic E-state index is -0.386. The van der Waals surface area contributed by atoms with Crippen molar-refractivity contribution < 1.29 is 13.9 Å². The smallest absolute Gasteiger partial charge is 0.292 e. The Kier molecular flexibility index (Phi) is 4.45. The molecule has 0 bridgehead atoms. The molecule has 6 nitrogen and oxygen atoms in total. The third-order valence-electron chi connectivity index (χ3n) is 5.13. The van der Waals surface area contributed by atoms with Crippen molar-refractivity contribution in [2.24, 2.45) is 0 Å². The molecule has 1 aliphatic heterocycles. The summed E-state index contributed by atoms with van der Waals surface area (Å²) in [5.74, 6) is 0.363. The molecule has 0 unspecified atom stereocenters. The summed E-state index contributed by atoms with van der Waals surface area (Å²) in [4.78, 5) is 14.0. The lowest BCUT2D eigenvalue weighted by Crippen LogP contribution is -2.54. The molecule has 2 aromatic heterocycles. The van der Waals surface area contributed by atoms with Crippen LogP contribution in [0.5, 0.6) is 5.75 Å². The maximum atomic E-state index is 12.9. The van der Waals surface area contributed by atoms with Gasteiger partial charge >= 0.3 is 0 Å². The largest absolute Gasteiger partial charge is 0.493 e. The number of nitriles is 1. The van der Waals surface area contributed by atoms with Crippen LogP contribution in [-0.4, -0.2) is 18.6 Å². The molecule has 0 atom stereocenters. The van der Waals surface area contributed by atoms with Gasteiger partial charge in [0.15, 0.2) is 17.1 Å². The van der Waals surface area contributed by atoms with Gasteiger partial charge in [0.1, 0.15) is 11.1 Å². The molecule has 4 rings (SSSR count). The van der Waals surface area contributed by atoms with Crippen molar-refractivity contribution in [2.45, 2.75) is 45.2 Å². The second-order valence-electron chi connectivity index (χ2n) is 8.48. The quantitative estimate of drug-likeness (QED) is 0.650. The zero-order valence-corrected chi connectivity index (χ0v) is 17.9. The van der Waals surface area contributed by atoms with Gasteiger partial charge in [-0.2, -0.15) is 5.26 Å². The Balaban J connectivity index is 1.72. The molecule has 0 saturated heterocycles. The lowest BCUT2D eigenvalue weighted by Gasteiger charge is -2.42. The topological polar surface area (TPSA) is 87.3 Å². The SMILES string of the molecule is COc1cccc2cc(C(=O)Nc3sc4c(c3C#N)CC(C)(C)NC4(C)C)oc12. The van der Waals surface area contributed by atoms with Crippen LogP contribution in [0.2, 0.25) is 0 Å². The van der Waals surface area contributed by atoms with E-state index in [-0.39, 0.29) is 22.7 Å². The summed E-state index contributed by atoms with van der Waals surface area (Å²) in [5.41, 5.74) is 1.64. The van der Waals surface area contributed by atoms with Crippen LogP contribution < -0.4 is 15.4 Å². The van der Waals surface area contributed by atoms with Gasteiger partial charge in [0, 0.05) is 21.3 Å². The first-order valence-electron chi connectivity index (χ1n) is 9.39. The number of nitrogens with one attached hydrogen (secondary N) is 2. The van der Waals surface area contributed by atoms with Gasteiger partial charge in [-0.05, 0) is 51.8 Å². The van der Waals surface area contributed by atoms with E-state index in [9.17, 15) is 10.1 Å². The number of fused-ring (bicyclic) bond motifs is 2. The fourth-order valence-electron chi connectivity index (χ4n) is 4.21. The van der Waals surface area contributed by atoms with E-state index in [2.05, 4.69) is 44.4 Å². The first kappa shape index (κ1) is 19.5. The number of nitrogens with zero attached hydrogens (tertiary/aromatic N) is 1. The molecule has 1 amide bonds. The molecule has 0 fully saturated rings. The van der Waals surface area contributed by atoms with Gasteiger partial charge in [0.05, 0.1) is 12.7 Å². The van der Waals surface area contributed by atoms with E-state index in [1.54, 1.807) is 19.2 Å². The van der Waals surface area contributed by atoms with Gasteiger partial charge in [-0.3, -0.25) is 4.79 Å². The maximum Gasteiger partial charge on any atom is 0.292 e. The molecular formula is C22H23N3O3S. The number of methoxy groups -OCH3 is 1. The Bertz CT molecular complexity index is 1160. The molecule has 2 N–H and O–H groups in total. The number of thiophene rings is 1. The molecule has 3 heterocycles. The average Bonchev–Trinajstić information content (AvgIpc) is 3.21. The fourth-order valence-corrected chi connectivity index (χ4v) is 5.43. The van der Waals surface area contributed by atoms with Crippen molar-refractivity contribution in [3.05, 3.63) is 46.0 Å². The predicted octanol–water partition coefficient (Wildman–Crippen LogP) is 4.79. The van der Waals surface area contributed by atoms with Crippen LogP contribution in [0.4, 0.5) is 5.00 Å². The van der Waals surface area contributed by atoms with Crippen LogP contribution in [0.1, 0.15) is 54.3 Å². The molecule has 150 valence electrons. The van der Waals surface area contributed by atoms with Crippen molar-refractivity contribution in [1.82, 2.24) is 5.32 Å². The molecule has 29 heavy (non-hydrogen) atoms. The zero-order valence-electron chi connectivity index (χ0n) is 17.1. The molecule has 0 spiro atoms. The maximum absolute atomic E-state index is 12.9. The Morgan fingerprint density at radius 2 is 2.10 bits per heavy atom. The highest BCUT2D eigenvalue weighted by atomic mass is 32.1. The molecule has 0 saturated carbocycles. The Labute approximate surface area is 173 Å². The number of ether oxygens (including phenoxy) is 1. The van der Waals surface area contributed by atoms with Crippen LogP contribution in [0, 0.1) is 11.3 Å².